The Balaban J connectivity index is 0. The van der Waals surface area contributed by atoms with Crippen molar-refractivity contribution in [3.8, 4) is 5.75 Å². The van der Waals surface area contributed by atoms with Crippen molar-refractivity contribution < 1.29 is 15.0 Å². The predicted molar refractivity (Wildman–Crippen MR) is 76.2 cm³/mol. The number of rotatable bonds is 3. The number of hydrogen-bond donors (Lipinski definition) is 2. The minimum Gasteiger partial charge on any atom is -0.508 e. The van der Waals surface area contributed by atoms with Crippen molar-refractivity contribution in [2.45, 2.75) is 54.4 Å². The number of hydrogen-bond acceptors (Lipinski definition) is 2. The molecule has 0 radical (unpaired) electrons. The van der Waals surface area contributed by atoms with E-state index >= 15 is 0 Å². The summed E-state index contributed by atoms with van der Waals surface area (Å²) in [6, 6.07) is 3.51. The molecule has 1 aromatic carbocycles. The first kappa shape index (κ1) is 18.8. The van der Waals surface area contributed by atoms with Gasteiger partial charge in [-0.15, -0.1) is 0 Å². The second-order valence-electron chi connectivity index (χ2n) is 3.46. The number of aryl methyl sites for hydroxylation is 3. The molecule has 0 aliphatic heterocycles. The highest BCUT2D eigenvalue weighted by Crippen LogP contribution is 2.22. The lowest BCUT2D eigenvalue weighted by Crippen LogP contribution is -1.98. The fourth-order valence-electron chi connectivity index (χ4n) is 1.30. The van der Waals surface area contributed by atoms with E-state index in [0.717, 1.165) is 11.1 Å². The quantitative estimate of drug-likeness (QED) is 0.854. The zero-order chi connectivity index (χ0) is 14.7. The van der Waals surface area contributed by atoms with Crippen LogP contribution in [-0.2, 0) is 11.2 Å². The van der Waals surface area contributed by atoms with E-state index in [2.05, 4.69) is 0 Å². The third kappa shape index (κ3) is 6.94. The lowest BCUT2D eigenvalue weighted by molar-refractivity contribution is -0.136. The van der Waals surface area contributed by atoms with E-state index in [1.165, 1.54) is 0 Å². The molecule has 3 heteroatoms. The monoisotopic (exact) mass is 254 g/mol. The van der Waals surface area contributed by atoms with Crippen LogP contribution in [0.25, 0.3) is 0 Å². The van der Waals surface area contributed by atoms with E-state index in [1.54, 1.807) is 6.07 Å². The van der Waals surface area contributed by atoms with Crippen molar-refractivity contribution in [2.24, 2.45) is 0 Å². The first-order valence-corrected chi connectivity index (χ1v) is 6.51. The Kier molecular flexibility index (Phi) is 11.1. The Morgan fingerprint density at radius 1 is 1.06 bits per heavy atom. The highest BCUT2D eigenvalue weighted by Gasteiger charge is 2.06. The Morgan fingerprint density at radius 2 is 1.50 bits per heavy atom. The maximum Gasteiger partial charge on any atom is 0.303 e. The van der Waals surface area contributed by atoms with Crippen LogP contribution in [0.4, 0.5) is 0 Å². The molecule has 0 aliphatic carbocycles. The molecule has 18 heavy (non-hydrogen) atoms. The van der Waals surface area contributed by atoms with Gasteiger partial charge >= 0.3 is 5.97 Å². The van der Waals surface area contributed by atoms with Gasteiger partial charge in [0.05, 0.1) is 0 Å². The summed E-state index contributed by atoms with van der Waals surface area (Å²) in [5.74, 6) is -0.656. The molecule has 3 nitrogen and oxygen atoms in total. The zero-order valence-electron chi connectivity index (χ0n) is 12.4. The van der Waals surface area contributed by atoms with Gasteiger partial charge < -0.3 is 10.2 Å². The molecule has 1 rings (SSSR count). The summed E-state index contributed by atoms with van der Waals surface area (Å²) in [4.78, 5) is 10.4. The molecule has 0 bridgehead atoms. The van der Waals surface area contributed by atoms with Crippen LogP contribution in [0, 0.1) is 13.8 Å². The number of benzene rings is 1. The van der Waals surface area contributed by atoms with E-state index in [4.69, 9.17) is 5.11 Å². The number of phenols is 1. The molecule has 2 N–H and O–H groups in total. The average Bonchev–Trinajstić information content (AvgIpc) is 2.37. The van der Waals surface area contributed by atoms with Crippen molar-refractivity contribution in [2.75, 3.05) is 0 Å². The zero-order valence-corrected chi connectivity index (χ0v) is 12.4. The van der Waals surface area contributed by atoms with Crippen LogP contribution >= 0.6 is 0 Å². The van der Waals surface area contributed by atoms with Crippen LogP contribution in [0.2, 0.25) is 0 Å². The van der Waals surface area contributed by atoms with Gasteiger partial charge in [0.25, 0.3) is 0 Å². The van der Waals surface area contributed by atoms with Crippen LogP contribution in [0.3, 0.4) is 0 Å². The molecule has 104 valence electrons. The van der Waals surface area contributed by atoms with Gasteiger partial charge in [-0.25, -0.2) is 0 Å². The van der Waals surface area contributed by atoms with E-state index in [-0.39, 0.29) is 12.2 Å². The molecular formula is C15H26O3. The molecule has 0 atom stereocenters. The smallest absolute Gasteiger partial charge is 0.303 e. The van der Waals surface area contributed by atoms with Crippen LogP contribution in [0.15, 0.2) is 12.1 Å². The molecule has 0 saturated carbocycles. The van der Waals surface area contributed by atoms with Crippen molar-refractivity contribution in [3.63, 3.8) is 0 Å². The highest BCUT2D eigenvalue weighted by atomic mass is 16.4. The van der Waals surface area contributed by atoms with Crippen LogP contribution in [0.5, 0.6) is 5.75 Å². The van der Waals surface area contributed by atoms with Gasteiger partial charge in [0.2, 0.25) is 0 Å². The van der Waals surface area contributed by atoms with Crippen LogP contribution in [0.1, 0.15) is 50.8 Å². The summed E-state index contributed by atoms with van der Waals surface area (Å²) >= 11 is 0. The molecule has 0 amide bonds. The van der Waals surface area contributed by atoms with Crippen molar-refractivity contribution in [1.82, 2.24) is 0 Å². The van der Waals surface area contributed by atoms with Gasteiger partial charge in [-0.3, -0.25) is 4.79 Å². The highest BCUT2D eigenvalue weighted by molar-refractivity contribution is 5.67. The SMILES string of the molecule is CC.CC.Cc1cc(O)c(CCC(=O)O)cc1C. The van der Waals surface area contributed by atoms with E-state index in [9.17, 15) is 9.90 Å². The van der Waals surface area contributed by atoms with Crippen molar-refractivity contribution >= 4 is 5.97 Å². The summed E-state index contributed by atoms with van der Waals surface area (Å²) in [5, 5.41) is 18.0. The summed E-state index contributed by atoms with van der Waals surface area (Å²) in [6.07, 6.45) is 0.429. The molecule has 0 aliphatic rings. The average molecular weight is 254 g/mol. The Hall–Kier alpha value is -1.51. The number of carboxylic acids is 1. The lowest BCUT2D eigenvalue weighted by Gasteiger charge is -2.07. The standard InChI is InChI=1S/C11H14O3.2C2H6/c1-7-5-9(3-4-11(13)14)10(12)6-8(7)2;2*1-2/h5-6,12H,3-4H2,1-2H3,(H,13,14);2*1-2H3. The minimum atomic E-state index is -0.845. The second-order valence-corrected chi connectivity index (χ2v) is 3.46. The molecular weight excluding hydrogens is 228 g/mol. The molecule has 0 aromatic heterocycles. The molecule has 0 unspecified atom stereocenters. The largest absolute Gasteiger partial charge is 0.508 e. The van der Waals surface area contributed by atoms with Gasteiger partial charge in [-0.2, -0.15) is 0 Å². The fourth-order valence-corrected chi connectivity index (χ4v) is 1.30. The Bertz CT molecular complexity index is 357. The maximum absolute atomic E-state index is 10.4. The van der Waals surface area contributed by atoms with Crippen LogP contribution < -0.4 is 0 Å². The van der Waals surface area contributed by atoms with Crippen molar-refractivity contribution in [3.05, 3.63) is 28.8 Å². The predicted octanol–water partition coefficient (Wildman–Crippen LogP) is 4.08. The summed E-state index contributed by atoms with van der Waals surface area (Å²) in [7, 11) is 0. The van der Waals surface area contributed by atoms with E-state index < -0.39 is 5.97 Å². The van der Waals surface area contributed by atoms with Gasteiger partial charge in [0.15, 0.2) is 0 Å². The van der Waals surface area contributed by atoms with Crippen molar-refractivity contribution in [1.29, 1.82) is 0 Å². The molecule has 0 saturated heterocycles. The lowest BCUT2D eigenvalue weighted by atomic mass is 10.0. The van der Waals surface area contributed by atoms with Gasteiger partial charge in [0, 0.05) is 6.42 Å². The summed E-state index contributed by atoms with van der Waals surface area (Å²) < 4.78 is 0. The maximum atomic E-state index is 10.4. The van der Waals surface area contributed by atoms with Gasteiger partial charge in [-0.1, -0.05) is 33.8 Å². The summed E-state index contributed by atoms with van der Waals surface area (Å²) in [6.45, 7) is 11.9. The number of aliphatic carboxylic acids is 1. The van der Waals surface area contributed by atoms with Gasteiger partial charge in [-0.05, 0) is 43.0 Å². The first-order chi connectivity index (χ1) is 8.50. The normalized spacial score (nSPS) is 8.56. The van der Waals surface area contributed by atoms with Gasteiger partial charge in [0.1, 0.15) is 5.75 Å². The molecule has 0 heterocycles. The van der Waals surface area contributed by atoms with E-state index in [1.807, 2.05) is 47.6 Å². The Labute approximate surface area is 110 Å². The fraction of sp³-hybridized carbons (Fsp3) is 0.533. The molecule has 1 aromatic rings. The minimum absolute atomic E-state index is 0.0516. The van der Waals surface area contributed by atoms with Crippen LogP contribution in [-0.4, -0.2) is 16.2 Å². The number of carboxylic acid groups (broad SMARTS) is 1. The number of phenolic OH excluding ortho intramolecular Hbond substituents is 1. The summed E-state index contributed by atoms with van der Waals surface area (Å²) in [5.41, 5.74) is 2.79. The number of carbonyl (C=O) groups is 1. The third-order valence-electron chi connectivity index (χ3n) is 2.30. The third-order valence-corrected chi connectivity index (χ3v) is 2.30. The number of aromatic hydroxyl groups is 1. The first-order valence-electron chi connectivity index (χ1n) is 6.51. The molecule has 0 fully saturated rings. The topological polar surface area (TPSA) is 57.5 Å². The van der Waals surface area contributed by atoms with E-state index in [0.29, 0.717) is 12.0 Å². The Morgan fingerprint density at radius 3 is 1.94 bits per heavy atom. The second kappa shape index (κ2) is 10.6. The molecule has 0 spiro atoms.